The predicted octanol–water partition coefficient (Wildman–Crippen LogP) is 3.35. The zero-order chi connectivity index (χ0) is 19.8. The summed E-state index contributed by atoms with van der Waals surface area (Å²) in [5.41, 5.74) is 4.90. The Kier molecular flexibility index (Phi) is 7.75. The first-order valence-corrected chi connectivity index (χ1v) is 9.09. The van der Waals surface area contributed by atoms with Crippen molar-refractivity contribution < 1.29 is 23.8 Å². The fourth-order valence-corrected chi connectivity index (χ4v) is 2.85. The van der Waals surface area contributed by atoms with Crippen LogP contribution in [0, 0.1) is 0 Å². The molecule has 0 aromatic heterocycles. The summed E-state index contributed by atoms with van der Waals surface area (Å²) in [6.07, 6.45) is 0. The number of hydrazine groups is 1. The lowest BCUT2D eigenvalue weighted by molar-refractivity contribution is -0.123. The third kappa shape index (κ3) is 6.04. The minimum atomic E-state index is -0.525. The van der Waals surface area contributed by atoms with Crippen LogP contribution in [0.5, 0.6) is 17.2 Å². The molecule has 2 amide bonds. The lowest BCUT2D eigenvalue weighted by Gasteiger charge is -2.12. The number of carbonyl (C=O) groups is 2. The number of rotatable bonds is 7. The molecule has 0 atom stereocenters. The zero-order valence-electron chi connectivity index (χ0n) is 14.7. The van der Waals surface area contributed by atoms with Gasteiger partial charge in [-0.2, -0.15) is 0 Å². The van der Waals surface area contributed by atoms with E-state index in [0.29, 0.717) is 38.9 Å². The summed E-state index contributed by atoms with van der Waals surface area (Å²) in [4.78, 5) is 24.0. The summed E-state index contributed by atoms with van der Waals surface area (Å²) < 4.78 is 16.6. The Labute approximate surface area is 170 Å². The van der Waals surface area contributed by atoms with Gasteiger partial charge in [0.1, 0.15) is 5.75 Å². The third-order valence-electron chi connectivity index (χ3n) is 3.29. The summed E-state index contributed by atoms with van der Waals surface area (Å²) >= 11 is 9.13. The minimum absolute atomic E-state index is 0.285. The number of amides is 2. The average Bonchev–Trinajstić information content (AvgIpc) is 2.66. The standard InChI is InChI=1S/C18H18BrClN2O5/c1-3-26-15-6-4-11(8-16(15)25-2)18(24)22-21-17(23)10-27-14-7-5-12(20)9-13(14)19/h4-9H,3,10H2,1-2H3,(H,21,23)(H,22,24). The van der Waals surface area contributed by atoms with Crippen molar-refractivity contribution in [3.05, 3.63) is 51.5 Å². The molecule has 2 N–H and O–H groups in total. The molecule has 0 fully saturated rings. The molecule has 144 valence electrons. The Bertz CT molecular complexity index is 831. The van der Waals surface area contributed by atoms with Crippen molar-refractivity contribution in [2.24, 2.45) is 0 Å². The van der Waals surface area contributed by atoms with Crippen LogP contribution in [-0.2, 0) is 4.79 Å². The van der Waals surface area contributed by atoms with Gasteiger partial charge in [0.25, 0.3) is 11.8 Å². The van der Waals surface area contributed by atoms with E-state index in [1.165, 1.54) is 13.2 Å². The number of carbonyl (C=O) groups excluding carboxylic acids is 2. The molecule has 27 heavy (non-hydrogen) atoms. The summed E-state index contributed by atoms with van der Waals surface area (Å²) in [7, 11) is 1.48. The molecule has 0 aliphatic carbocycles. The highest BCUT2D eigenvalue weighted by Crippen LogP contribution is 2.28. The van der Waals surface area contributed by atoms with Gasteiger partial charge in [-0.05, 0) is 59.3 Å². The van der Waals surface area contributed by atoms with E-state index >= 15 is 0 Å². The van der Waals surface area contributed by atoms with Crippen LogP contribution in [-0.4, -0.2) is 32.1 Å². The third-order valence-corrected chi connectivity index (χ3v) is 4.15. The first kappa shape index (κ1) is 20.9. The molecule has 2 rings (SSSR count). The lowest BCUT2D eigenvalue weighted by Crippen LogP contribution is -2.43. The lowest BCUT2D eigenvalue weighted by atomic mass is 10.2. The molecule has 2 aromatic rings. The molecule has 0 radical (unpaired) electrons. The van der Waals surface area contributed by atoms with E-state index < -0.39 is 11.8 Å². The van der Waals surface area contributed by atoms with E-state index in [-0.39, 0.29) is 6.61 Å². The van der Waals surface area contributed by atoms with Gasteiger partial charge in [0.2, 0.25) is 0 Å². The second kappa shape index (κ2) is 10.0. The van der Waals surface area contributed by atoms with Gasteiger partial charge in [0.15, 0.2) is 18.1 Å². The highest BCUT2D eigenvalue weighted by Gasteiger charge is 2.12. The van der Waals surface area contributed by atoms with Gasteiger partial charge in [-0.25, -0.2) is 0 Å². The van der Waals surface area contributed by atoms with Crippen molar-refractivity contribution >= 4 is 39.3 Å². The SMILES string of the molecule is CCOc1ccc(C(=O)NNC(=O)COc2ccc(Cl)cc2Br)cc1OC. The molecule has 0 unspecified atom stereocenters. The van der Waals surface area contributed by atoms with E-state index in [2.05, 4.69) is 26.8 Å². The van der Waals surface area contributed by atoms with Crippen LogP contribution in [0.25, 0.3) is 0 Å². The van der Waals surface area contributed by atoms with Gasteiger partial charge in [-0.1, -0.05) is 11.6 Å². The quantitative estimate of drug-likeness (QED) is 0.623. The van der Waals surface area contributed by atoms with E-state index in [1.54, 1.807) is 30.3 Å². The van der Waals surface area contributed by atoms with E-state index in [4.69, 9.17) is 25.8 Å². The number of methoxy groups -OCH3 is 1. The molecule has 0 heterocycles. The minimum Gasteiger partial charge on any atom is -0.493 e. The van der Waals surface area contributed by atoms with Crippen molar-refractivity contribution in [2.75, 3.05) is 20.3 Å². The van der Waals surface area contributed by atoms with Crippen LogP contribution >= 0.6 is 27.5 Å². The topological polar surface area (TPSA) is 85.9 Å². The summed E-state index contributed by atoms with van der Waals surface area (Å²) in [6.45, 7) is 2.04. The smallest absolute Gasteiger partial charge is 0.276 e. The van der Waals surface area contributed by atoms with Crippen molar-refractivity contribution in [1.82, 2.24) is 10.9 Å². The highest BCUT2D eigenvalue weighted by molar-refractivity contribution is 9.10. The number of hydrogen-bond acceptors (Lipinski definition) is 5. The van der Waals surface area contributed by atoms with Gasteiger partial charge >= 0.3 is 0 Å². The Balaban J connectivity index is 1.88. The fourth-order valence-electron chi connectivity index (χ4n) is 2.05. The Morgan fingerprint density at radius 3 is 2.44 bits per heavy atom. The maximum atomic E-state index is 12.2. The molecule has 0 aliphatic heterocycles. The first-order valence-electron chi connectivity index (χ1n) is 7.92. The largest absolute Gasteiger partial charge is 0.493 e. The summed E-state index contributed by atoms with van der Waals surface area (Å²) in [5, 5.41) is 0.539. The maximum absolute atomic E-state index is 12.2. The maximum Gasteiger partial charge on any atom is 0.276 e. The molecule has 9 heteroatoms. The van der Waals surface area contributed by atoms with Crippen molar-refractivity contribution in [1.29, 1.82) is 0 Å². The Morgan fingerprint density at radius 2 is 1.78 bits per heavy atom. The highest BCUT2D eigenvalue weighted by atomic mass is 79.9. The summed E-state index contributed by atoms with van der Waals surface area (Å²) in [5.74, 6) is 0.381. The van der Waals surface area contributed by atoms with Crippen molar-refractivity contribution in [3.63, 3.8) is 0 Å². The Hall–Kier alpha value is -2.45. The van der Waals surface area contributed by atoms with Gasteiger partial charge in [0, 0.05) is 10.6 Å². The zero-order valence-corrected chi connectivity index (χ0v) is 17.0. The first-order chi connectivity index (χ1) is 12.9. The molecular weight excluding hydrogens is 440 g/mol. The normalized spacial score (nSPS) is 10.1. The number of benzene rings is 2. The average molecular weight is 458 g/mol. The number of hydrogen-bond donors (Lipinski definition) is 2. The van der Waals surface area contributed by atoms with Crippen LogP contribution in [0.1, 0.15) is 17.3 Å². The molecule has 2 aromatic carbocycles. The van der Waals surface area contributed by atoms with E-state index in [0.717, 1.165) is 0 Å². The van der Waals surface area contributed by atoms with Gasteiger partial charge in [-0.3, -0.25) is 20.4 Å². The van der Waals surface area contributed by atoms with Crippen LogP contribution in [0.15, 0.2) is 40.9 Å². The molecule has 0 saturated carbocycles. The fraction of sp³-hybridized carbons (Fsp3) is 0.222. The Morgan fingerprint density at radius 1 is 1.04 bits per heavy atom. The van der Waals surface area contributed by atoms with Crippen LogP contribution in [0.4, 0.5) is 0 Å². The predicted molar refractivity (Wildman–Crippen MR) is 104 cm³/mol. The van der Waals surface area contributed by atoms with Crippen molar-refractivity contribution in [3.8, 4) is 17.2 Å². The second-order valence-electron chi connectivity index (χ2n) is 5.16. The van der Waals surface area contributed by atoms with E-state index in [1.807, 2.05) is 6.92 Å². The monoisotopic (exact) mass is 456 g/mol. The van der Waals surface area contributed by atoms with Crippen LogP contribution in [0.2, 0.25) is 5.02 Å². The number of nitrogens with one attached hydrogen (secondary N) is 2. The summed E-state index contributed by atoms with van der Waals surface area (Å²) in [6, 6.07) is 9.63. The van der Waals surface area contributed by atoms with Gasteiger partial charge < -0.3 is 14.2 Å². The number of ether oxygens (including phenoxy) is 3. The van der Waals surface area contributed by atoms with Gasteiger partial charge in [-0.15, -0.1) is 0 Å². The molecule has 0 aliphatic rings. The number of halogens is 2. The molecule has 0 spiro atoms. The van der Waals surface area contributed by atoms with Crippen molar-refractivity contribution in [2.45, 2.75) is 6.92 Å². The molecular formula is C18H18BrClN2O5. The molecule has 0 saturated heterocycles. The second-order valence-corrected chi connectivity index (χ2v) is 6.46. The van der Waals surface area contributed by atoms with Gasteiger partial charge in [0.05, 0.1) is 18.2 Å². The van der Waals surface area contributed by atoms with Crippen LogP contribution in [0.3, 0.4) is 0 Å². The van der Waals surface area contributed by atoms with Crippen LogP contribution < -0.4 is 25.1 Å². The van der Waals surface area contributed by atoms with E-state index in [9.17, 15) is 9.59 Å². The molecule has 7 nitrogen and oxygen atoms in total. The molecule has 0 bridgehead atoms.